The van der Waals surface area contributed by atoms with Crippen molar-refractivity contribution < 1.29 is 18.7 Å². The third-order valence-corrected chi connectivity index (χ3v) is 3.90. The van der Waals surface area contributed by atoms with Gasteiger partial charge in [-0.15, -0.1) is 0 Å². The highest BCUT2D eigenvalue weighted by atomic mass is 35.5. The normalized spacial score (nSPS) is 15.1. The molecule has 3 rings (SSSR count). The van der Waals surface area contributed by atoms with Crippen molar-refractivity contribution in [2.75, 3.05) is 7.11 Å². The smallest absolute Gasteiger partial charge is 0.350 e. The first-order valence-corrected chi connectivity index (χ1v) is 7.40. The minimum atomic E-state index is -0.960. The van der Waals surface area contributed by atoms with Gasteiger partial charge in [-0.3, -0.25) is 0 Å². The van der Waals surface area contributed by atoms with Crippen LogP contribution < -0.4 is 4.74 Å². The monoisotopic (exact) mass is 336 g/mol. The number of ether oxygens (including phenoxy) is 2. The summed E-state index contributed by atoms with van der Waals surface area (Å²) in [7, 11) is 1.32. The average Bonchev–Trinajstić information content (AvgIpc) is 3.29. The molecule has 1 aliphatic carbocycles. The number of carbonyl (C=O) groups is 1. The maximum Gasteiger partial charge on any atom is 0.350 e. The van der Waals surface area contributed by atoms with E-state index in [0.717, 1.165) is 0 Å². The Balaban J connectivity index is 1.93. The summed E-state index contributed by atoms with van der Waals surface area (Å²) in [5.41, 5.74) is 0.0758. The van der Waals surface area contributed by atoms with Crippen LogP contribution in [0.5, 0.6) is 5.88 Å². The molecule has 1 aliphatic rings. The highest BCUT2D eigenvalue weighted by Crippen LogP contribution is 2.41. The molecule has 7 heteroatoms. The molecule has 0 atom stereocenters. The van der Waals surface area contributed by atoms with Crippen LogP contribution in [0.1, 0.15) is 18.7 Å². The van der Waals surface area contributed by atoms with Crippen molar-refractivity contribution in [2.45, 2.75) is 25.4 Å². The summed E-state index contributed by atoms with van der Waals surface area (Å²) < 4.78 is 24.1. The number of esters is 1. The van der Waals surface area contributed by atoms with Crippen molar-refractivity contribution in [3.05, 3.63) is 40.9 Å². The van der Waals surface area contributed by atoms with E-state index >= 15 is 0 Å². The second-order valence-electron chi connectivity index (χ2n) is 5.36. The molecule has 1 heterocycles. The van der Waals surface area contributed by atoms with E-state index < -0.39 is 17.4 Å². The summed E-state index contributed by atoms with van der Waals surface area (Å²) in [4.78, 5) is 20.2. The lowest BCUT2D eigenvalue weighted by Crippen LogP contribution is -2.31. The van der Waals surface area contributed by atoms with Gasteiger partial charge in [-0.2, -0.15) is 4.98 Å². The molecular weight excluding hydrogens is 323 g/mol. The second-order valence-corrected chi connectivity index (χ2v) is 5.76. The lowest BCUT2D eigenvalue weighted by Gasteiger charge is -2.15. The van der Waals surface area contributed by atoms with Crippen LogP contribution in [0.4, 0.5) is 4.39 Å². The van der Waals surface area contributed by atoms with Gasteiger partial charge in [0.2, 0.25) is 11.5 Å². The van der Waals surface area contributed by atoms with Crippen molar-refractivity contribution in [3.8, 4) is 17.1 Å². The molecule has 2 aromatic rings. The fourth-order valence-electron chi connectivity index (χ4n) is 2.24. The van der Waals surface area contributed by atoms with Crippen LogP contribution in [-0.2, 0) is 9.53 Å². The Morgan fingerprint density at radius 2 is 2.04 bits per heavy atom. The summed E-state index contributed by atoms with van der Waals surface area (Å²) >= 11 is 5.69. The molecule has 0 radical (unpaired) electrons. The van der Waals surface area contributed by atoms with Crippen LogP contribution in [0.15, 0.2) is 24.3 Å². The third-order valence-electron chi connectivity index (χ3n) is 3.59. The Morgan fingerprint density at radius 1 is 1.30 bits per heavy atom. The molecule has 5 nitrogen and oxygen atoms in total. The van der Waals surface area contributed by atoms with Crippen molar-refractivity contribution in [1.29, 1.82) is 0 Å². The fourth-order valence-corrected chi connectivity index (χ4v) is 2.36. The van der Waals surface area contributed by atoms with Crippen LogP contribution in [0.3, 0.4) is 0 Å². The number of benzene rings is 1. The van der Waals surface area contributed by atoms with Crippen LogP contribution >= 0.6 is 11.6 Å². The summed E-state index contributed by atoms with van der Waals surface area (Å²) in [6, 6.07) is 5.98. The Labute approximate surface area is 137 Å². The highest BCUT2D eigenvalue weighted by molar-refractivity contribution is 6.30. The van der Waals surface area contributed by atoms with E-state index in [1.54, 1.807) is 19.1 Å². The Bertz CT molecular complexity index is 778. The molecule has 0 bridgehead atoms. The highest BCUT2D eigenvalue weighted by Gasteiger charge is 2.54. The van der Waals surface area contributed by atoms with Crippen molar-refractivity contribution >= 4 is 17.6 Å². The molecule has 0 amide bonds. The van der Waals surface area contributed by atoms with Gasteiger partial charge in [0.15, 0.2) is 0 Å². The standard InChI is InChI=1S/C16H14ClFN2O3/c1-9-19-13(10-3-4-11(17)12(18)7-10)8-14(20-9)23-16(5-6-16)15(21)22-2/h3-4,7-8H,5-6H2,1-2H3. The van der Waals surface area contributed by atoms with Gasteiger partial charge in [-0.25, -0.2) is 14.2 Å². The lowest BCUT2D eigenvalue weighted by atomic mass is 10.1. The Hall–Kier alpha value is -2.21. The molecule has 0 saturated heterocycles. The van der Waals surface area contributed by atoms with E-state index in [9.17, 15) is 9.18 Å². The molecule has 0 unspecified atom stereocenters. The number of aryl methyl sites for hydroxylation is 1. The Morgan fingerprint density at radius 3 is 2.65 bits per heavy atom. The number of hydrogen-bond donors (Lipinski definition) is 0. The van der Waals surface area contributed by atoms with E-state index in [1.165, 1.54) is 19.2 Å². The fraction of sp³-hybridized carbons (Fsp3) is 0.312. The van der Waals surface area contributed by atoms with E-state index in [1.807, 2.05) is 0 Å². The van der Waals surface area contributed by atoms with Crippen LogP contribution in [-0.4, -0.2) is 28.6 Å². The van der Waals surface area contributed by atoms with E-state index in [4.69, 9.17) is 21.1 Å². The maximum absolute atomic E-state index is 13.6. The third kappa shape index (κ3) is 3.12. The van der Waals surface area contributed by atoms with Crippen molar-refractivity contribution in [3.63, 3.8) is 0 Å². The predicted molar refractivity (Wildman–Crippen MR) is 81.8 cm³/mol. The van der Waals surface area contributed by atoms with E-state index in [0.29, 0.717) is 29.9 Å². The quantitative estimate of drug-likeness (QED) is 0.801. The zero-order valence-corrected chi connectivity index (χ0v) is 13.4. The van der Waals surface area contributed by atoms with Crippen LogP contribution in [0.2, 0.25) is 5.02 Å². The molecular formula is C16H14ClFN2O3. The minimum absolute atomic E-state index is 0.0404. The molecule has 1 fully saturated rings. The first kappa shape index (κ1) is 15.7. The molecule has 1 aromatic heterocycles. The number of halogens is 2. The SMILES string of the molecule is COC(=O)C1(Oc2cc(-c3ccc(Cl)c(F)c3)nc(C)n2)CC1. The van der Waals surface area contributed by atoms with Gasteiger partial charge in [-0.05, 0) is 19.1 Å². The number of carbonyl (C=O) groups excluding carboxylic acids is 1. The first-order valence-electron chi connectivity index (χ1n) is 7.02. The predicted octanol–water partition coefficient (Wildman–Crippen LogP) is 3.33. The maximum atomic E-state index is 13.6. The van der Waals surface area contributed by atoms with Gasteiger partial charge in [0.1, 0.15) is 11.6 Å². The van der Waals surface area contributed by atoms with Gasteiger partial charge in [0.05, 0.1) is 17.8 Å². The summed E-state index contributed by atoms with van der Waals surface area (Å²) in [5.74, 6) is -0.247. The van der Waals surface area contributed by atoms with Gasteiger partial charge in [-0.1, -0.05) is 17.7 Å². The average molecular weight is 337 g/mol. The number of aromatic nitrogens is 2. The molecule has 120 valence electrons. The summed E-state index contributed by atoms with van der Waals surface area (Å²) in [5, 5.41) is 0.0404. The number of rotatable bonds is 4. The molecule has 1 saturated carbocycles. The first-order chi connectivity index (χ1) is 10.9. The largest absolute Gasteiger partial charge is 0.466 e. The molecule has 0 N–H and O–H groups in total. The zero-order chi connectivity index (χ0) is 16.6. The van der Waals surface area contributed by atoms with Gasteiger partial charge < -0.3 is 9.47 Å². The molecule has 23 heavy (non-hydrogen) atoms. The minimum Gasteiger partial charge on any atom is -0.466 e. The van der Waals surface area contributed by atoms with Crippen LogP contribution in [0.25, 0.3) is 11.3 Å². The molecule has 1 aromatic carbocycles. The molecule has 0 spiro atoms. The zero-order valence-electron chi connectivity index (χ0n) is 12.6. The van der Waals surface area contributed by atoms with Gasteiger partial charge >= 0.3 is 5.97 Å². The Kier molecular flexibility index (Phi) is 3.93. The van der Waals surface area contributed by atoms with Gasteiger partial charge in [0.25, 0.3) is 0 Å². The number of methoxy groups -OCH3 is 1. The van der Waals surface area contributed by atoms with E-state index in [2.05, 4.69) is 9.97 Å². The lowest BCUT2D eigenvalue weighted by molar-refractivity contribution is -0.151. The number of hydrogen-bond acceptors (Lipinski definition) is 5. The van der Waals surface area contributed by atoms with Crippen molar-refractivity contribution in [2.24, 2.45) is 0 Å². The van der Waals surface area contributed by atoms with Gasteiger partial charge in [0, 0.05) is 24.5 Å². The number of nitrogens with zero attached hydrogens (tertiary/aromatic N) is 2. The molecule has 0 aliphatic heterocycles. The second kappa shape index (κ2) is 5.77. The topological polar surface area (TPSA) is 61.3 Å². The summed E-state index contributed by atoms with van der Waals surface area (Å²) in [6.45, 7) is 1.69. The summed E-state index contributed by atoms with van der Waals surface area (Å²) in [6.07, 6.45) is 1.15. The van der Waals surface area contributed by atoms with Crippen LogP contribution in [0, 0.1) is 12.7 Å². The van der Waals surface area contributed by atoms with E-state index in [-0.39, 0.29) is 10.9 Å². The van der Waals surface area contributed by atoms with Crippen molar-refractivity contribution in [1.82, 2.24) is 9.97 Å².